The van der Waals surface area contributed by atoms with Crippen LogP contribution < -0.4 is 10.1 Å². The van der Waals surface area contributed by atoms with E-state index in [1.807, 2.05) is 60.7 Å². The van der Waals surface area contributed by atoms with Gasteiger partial charge in [-0.2, -0.15) is 5.26 Å². The number of hydrogen-bond acceptors (Lipinski definition) is 6. The number of fused-ring (bicyclic) bond motifs is 1. The Kier molecular flexibility index (Phi) is 7.70. The first-order valence-corrected chi connectivity index (χ1v) is 12.9. The number of para-hydroxylation sites is 1. The zero-order valence-electron chi connectivity index (χ0n) is 20.3. The van der Waals surface area contributed by atoms with Gasteiger partial charge in [0.1, 0.15) is 16.8 Å². The van der Waals surface area contributed by atoms with E-state index >= 15 is 0 Å². The third-order valence-electron chi connectivity index (χ3n) is 6.12. The van der Waals surface area contributed by atoms with E-state index in [1.165, 1.54) is 10.4 Å². The number of nitrogens with one attached hydrogen (secondary N) is 1. The monoisotopic (exact) mass is 506 g/mol. The summed E-state index contributed by atoms with van der Waals surface area (Å²) >= 11 is 1.60. The molecule has 0 saturated carbocycles. The number of anilines is 1. The lowest BCUT2D eigenvalue weighted by atomic mass is 10.0. The number of thiophene rings is 1. The molecule has 37 heavy (non-hydrogen) atoms. The number of aliphatic imine (C=N–C) groups is 1. The highest BCUT2D eigenvalue weighted by atomic mass is 32.1. The molecule has 7 heteroatoms. The Morgan fingerprint density at radius 1 is 1.05 bits per heavy atom. The van der Waals surface area contributed by atoms with Crippen molar-refractivity contribution in [3.05, 3.63) is 112 Å². The molecule has 0 radical (unpaired) electrons. The molecule has 0 atom stereocenters. The largest absolute Gasteiger partial charge is 0.484 e. The van der Waals surface area contributed by atoms with Gasteiger partial charge in [-0.3, -0.25) is 9.69 Å². The predicted octanol–water partition coefficient (Wildman–Crippen LogP) is 5.95. The number of benzene rings is 3. The van der Waals surface area contributed by atoms with Crippen molar-refractivity contribution in [2.45, 2.75) is 19.5 Å². The summed E-state index contributed by atoms with van der Waals surface area (Å²) < 4.78 is 5.60. The van der Waals surface area contributed by atoms with Gasteiger partial charge >= 0.3 is 0 Å². The minimum absolute atomic E-state index is 0.0735. The van der Waals surface area contributed by atoms with Crippen LogP contribution in [0.1, 0.15) is 27.1 Å². The maximum absolute atomic E-state index is 12.1. The lowest BCUT2D eigenvalue weighted by Crippen LogP contribution is -2.29. The number of nitriles is 1. The summed E-state index contributed by atoms with van der Waals surface area (Å²) in [5.41, 5.74) is 4.76. The SMILES string of the molecule is N#Cc1c(N=Cc2ccc(OCC(=O)Nc3ccccc3)cc2)sc2c1CCN(Cc1ccccc1)C2. The zero-order valence-corrected chi connectivity index (χ0v) is 21.1. The van der Waals surface area contributed by atoms with Crippen LogP contribution in [0.5, 0.6) is 5.75 Å². The number of carbonyl (C=O) groups is 1. The van der Waals surface area contributed by atoms with Gasteiger partial charge in [-0.15, -0.1) is 11.3 Å². The van der Waals surface area contributed by atoms with Crippen LogP contribution >= 0.6 is 11.3 Å². The van der Waals surface area contributed by atoms with Gasteiger partial charge in [0.25, 0.3) is 5.91 Å². The Hall–Kier alpha value is -4.25. The van der Waals surface area contributed by atoms with Gasteiger partial charge in [0.2, 0.25) is 0 Å². The van der Waals surface area contributed by atoms with Crippen molar-refractivity contribution in [3.8, 4) is 11.8 Å². The van der Waals surface area contributed by atoms with Crippen LogP contribution in [0, 0.1) is 11.3 Å². The number of rotatable bonds is 8. The molecule has 4 aromatic rings. The fraction of sp³-hybridized carbons (Fsp3) is 0.167. The Morgan fingerprint density at radius 2 is 1.78 bits per heavy atom. The fourth-order valence-corrected chi connectivity index (χ4v) is 5.46. The third-order valence-corrected chi connectivity index (χ3v) is 7.24. The lowest BCUT2D eigenvalue weighted by Gasteiger charge is -2.26. The Bertz CT molecular complexity index is 1420. The van der Waals surface area contributed by atoms with E-state index in [9.17, 15) is 10.1 Å². The molecule has 1 amide bonds. The van der Waals surface area contributed by atoms with Gasteiger partial charge in [-0.1, -0.05) is 48.5 Å². The average molecular weight is 507 g/mol. The van der Waals surface area contributed by atoms with Gasteiger partial charge < -0.3 is 10.1 Å². The van der Waals surface area contributed by atoms with Crippen molar-refractivity contribution < 1.29 is 9.53 Å². The van der Waals surface area contributed by atoms with E-state index in [2.05, 4.69) is 45.5 Å². The number of ether oxygens (including phenoxy) is 1. The van der Waals surface area contributed by atoms with Crippen LogP contribution in [-0.4, -0.2) is 30.2 Å². The second kappa shape index (κ2) is 11.7. The molecule has 1 aliphatic rings. The van der Waals surface area contributed by atoms with E-state index in [0.29, 0.717) is 11.3 Å². The molecule has 1 N–H and O–H groups in total. The molecule has 6 nitrogen and oxygen atoms in total. The third kappa shape index (κ3) is 6.31. The molecule has 2 heterocycles. The van der Waals surface area contributed by atoms with Crippen molar-refractivity contribution in [3.63, 3.8) is 0 Å². The highest BCUT2D eigenvalue weighted by Gasteiger charge is 2.24. The first kappa shape index (κ1) is 24.4. The molecule has 3 aromatic carbocycles. The predicted molar refractivity (Wildman–Crippen MR) is 148 cm³/mol. The van der Waals surface area contributed by atoms with E-state index in [4.69, 9.17) is 4.74 Å². The molecule has 184 valence electrons. The van der Waals surface area contributed by atoms with Crippen molar-refractivity contribution in [2.75, 3.05) is 18.5 Å². The average Bonchev–Trinajstić information content (AvgIpc) is 3.29. The highest BCUT2D eigenvalue weighted by Crippen LogP contribution is 2.38. The maximum Gasteiger partial charge on any atom is 0.262 e. The Morgan fingerprint density at radius 3 is 2.51 bits per heavy atom. The molecule has 0 fully saturated rings. The molecular formula is C30H26N4O2S. The van der Waals surface area contributed by atoms with E-state index < -0.39 is 0 Å². The second-order valence-electron chi connectivity index (χ2n) is 8.77. The number of hydrogen-bond donors (Lipinski definition) is 1. The van der Waals surface area contributed by atoms with E-state index in [0.717, 1.165) is 47.9 Å². The summed E-state index contributed by atoms with van der Waals surface area (Å²) in [6.45, 7) is 2.60. The van der Waals surface area contributed by atoms with Crippen LogP contribution in [-0.2, 0) is 24.3 Å². The molecule has 1 aliphatic heterocycles. The van der Waals surface area contributed by atoms with Gasteiger partial charge in [0, 0.05) is 36.4 Å². The van der Waals surface area contributed by atoms with E-state index in [-0.39, 0.29) is 12.5 Å². The summed E-state index contributed by atoms with van der Waals surface area (Å²) in [6, 6.07) is 29.5. The van der Waals surface area contributed by atoms with Gasteiger partial charge in [-0.05, 0) is 59.5 Å². The minimum Gasteiger partial charge on any atom is -0.484 e. The molecule has 0 unspecified atom stereocenters. The first-order valence-electron chi connectivity index (χ1n) is 12.1. The van der Waals surface area contributed by atoms with Crippen molar-refractivity contribution >= 4 is 34.1 Å². The van der Waals surface area contributed by atoms with E-state index in [1.54, 1.807) is 17.6 Å². The Labute approximate surface area is 220 Å². The Balaban J connectivity index is 1.19. The minimum atomic E-state index is -0.218. The number of nitrogens with zero attached hydrogens (tertiary/aromatic N) is 3. The molecule has 0 saturated heterocycles. The van der Waals surface area contributed by atoms with Crippen LogP contribution in [0.4, 0.5) is 10.7 Å². The molecule has 1 aromatic heterocycles. The quantitative estimate of drug-likeness (QED) is 0.300. The van der Waals surface area contributed by atoms with Crippen LogP contribution in [0.25, 0.3) is 0 Å². The molecular weight excluding hydrogens is 480 g/mol. The van der Waals surface area contributed by atoms with Gasteiger partial charge in [-0.25, -0.2) is 4.99 Å². The summed E-state index contributed by atoms with van der Waals surface area (Å²) in [6.07, 6.45) is 2.63. The standard InChI is InChI=1S/C30H26N4O2S/c31-17-27-26-15-16-34(19-23-7-3-1-4-8-23)20-28(26)37-30(27)32-18-22-11-13-25(14-12-22)36-21-29(35)33-24-9-5-2-6-10-24/h1-14,18H,15-16,19-21H2,(H,33,35). The van der Waals surface area contributed by atoms with Gasteiger partial charge in [0.15, 0.2) is 6.61 Å². The summed E-state index contributed by atoms with van der Waals surface area (Å²) in [7, 11) is 0. The summed E-state index contributed by atoms with van der Waals surface area (Å²) in [5.74, 6) is 0.382. The first-order chi connectivity index (χ1) is 18.2. The number of carbonyl (C=O) groups excluding carboxylic acids is 1. The maximum atomic E-state index is 12.1. The highest BCUT2D eigenvalue weighted by molar-refractivity contribution is 7.16. The summed E-state index contributed by atoms with van der Waals surface area (Å²) in [4.78, 5) is 20.4. The van der Waals surface area contributed by atoms with Gasteiger partial charge in [0.05, 0.1) is 5.56 Å². The molecule has 5 rings (SSSR count). The topological polar surface area (TPSA) is 77.7 Å². The van der Waals surface area contributed by atoms with Crippen LogP contribution in [0.2, 0.25) is 0 Å². The van der Waals surface area contributed by atoms with Crippen molar-refractivity contribution in [1.29, 1.82) is 5.26 Å². The van der Waals surface area contributed by atoms with Crippen molar-refractivity contribution in [1.82, 2.24) is 4.90 Å². The fourth-order valence-electron chi connectivity index (χ4n) is 4.28. The molecule has 0 spiro atoms. The van der Waals surface area contributed by atoms with Crippen LogP contribution in [0.3, 0.4) is 0 Å². The smallest absolute Gasteiger partial charge is 0.262 e. The second-order valence-corrected chi connectivity index (χ2v) is 9.86. The molecule has 0 bridgehead atoms. The van der Waals surface area contributed by atoms with Crippen molar-refractivity contribution in [2.24, 2.45) is 4.99 Å². The lowest BCUT2D eigenvalue weighted by molar-refractivity contribution is -0.118. The van der Waals surface area contributed by atoms with Crippen LogP contribution in [0.15, 0.2) is 89.9 Å². The number of amides is 1. The summed E-state index contributed by atoms with van der Waals surface area (Å²) in [5, 5.41) is 13.4. The molecule has 0 aliphatic carbocycles. The zero-order chi connectivity index (χ0) is 25.5. The normalized spacial score (nSPS) is 13.2.